The van der Waals surface area contributed by atoms with Crippen LogP contribution in [0.15, 0.2) is 58.3 Å². The number of aryl methyl sites for hydroxylation is 1. The molecule has 1 aromatic heterocycles. The van der Waals surface area contributed by atoms with Crippen LogP contribution in [0.25, 0.3) is 11.6 Å². The molecule has 0 saturated carbocycles. The molecule has 0 bridgehead atoms. The first-order valence-electron chi connectivity index (χ1n) is 7.95. The maximum absolute atomic E-state index is 12.3. The number of aromatic hydroxyl groups is 1. The van der Waals surface area contributed by atoms with Crippen LogP contribution in [0.4, 0.5) is 5.69 Å². The van der Waals surface area contributed by atoms with E-state index in [1.165, 1.54) is 4.57 Å². The van der Waals surface area contributed by atoms with Crippen LogP contribution in [0.5, 0.6) is 5.88 Å². The Hall–Kier alpha value is -2.92. The highest BCUT2D eigenvalue weighted by molar-refractivity contribution is 7.10. The molecule has 1 aliphatic rings. The molecule has 0 spiro atoms. The zero-order chi connectivity index (χ0) is 17.4. The number of rotatable bonds is 3. The fourth-order valence-electron chi connectivity index (χ4n) is 2.94. The fraction of sp³-hybridized carbons (Fsp3) is 0.100. The van der Waals surface area contributed by atoms with Crippen LogP contribution in [0, 0.1) is 6.92 Å². The van der Waals surface area contributed by atoms with Gasteiger partial charge in [-0.2, -0.15) is 0 Å². The van der Waals surface area contributed by atoms with Crippen molar-refractivity contribution < 1.29 is 5.11 Å². The highest BCUT2D eigenvalue weighted by Crippen LogP contribution is 2.34. The lowest BCUT2D eigenvalue weighted by atomic mass is 10.1. The van der Waals surface area contributed by atoms with Crippen LogP contribution in [-0.2, 0) is 6.54 Å². The third-order valence-corrected chi connectivity index (χ3v) is 5.08. The van der Waals surface area contributed by atoms with Gasteiger partial charge < -0.3 is 5.11 Å². The Morgan fingerprint density at radius 3 is 2.88 bits per heavy atom. The Balaban J connectivity index is 1.71. The number of aliphatic imine (C=N–C) groups is 1. The lowest BCUT2D eigenvalue weighted by Gasteiger charge is -2.05. The van der Waals surface area contributed by atoms with Crippen LogP contribution >= 0.6 is 11.3 Å². The second kappa shape index (κ2) is 6.18. The summed E-state index contributed by atoms with van der Waals surface area (Å²) in [6, 6.07) is 15.7. The molecule has 124 valence electrons. The summed E-state index contributed by atoms with van der Waals surface area (Å²) in [6.07, 6.45) is 3.59. The first-order valence-corrected chi connectivity index (χ1v) is 8.77. The third-order valence-electron chi connectivity index (χ3n) is 4.16. The van der Waals surface area contributed by atoms with Crippen molar-refractivity contribution >= 4 is 34.9 Å². The summed E-state index contributed by atoms with van der Waals surface area (Å²) >= 11 is 1.05. The number of hydrogen-bond acceptors (Lipinski definition) is 4. The molecule has 4 nitrogen and oxygen atoms in total. The van der Waals surface area contributed by atoms with E-state index < -0.39 is 0 Å². The quantitative estimate of drug-likeness (QED) is 0.770. The molecular weight excluding hydrogens is 332 g/mol. The van der Waals surface area contributed by atoms with Gasteiger partial charge in [-0.3, -0.25) is 14.4 Å². The average Bonchev–Trinajstić information content (AvgIpc) is 3.12. The van der Waals surface area contributed by atoms with E-state index in [4.69, 9.17) is 0 Å². The van der Waals surface area contributed by atoms with Gasteiger partial charge in [0.15, 0.2) is 0 Å². The first-order chi connectivity index (χ1) is 12.1. The van der Waals surface area contributed by atoms with Gasteiger partial charge in [0.2, 0.25) is 5.88 Å². The summed E-state index contributed by atoms with van der Waals surface area (Å²) in [5, 5.41) is 10.5. The van der Waals surface area contributed by atoms with E-state index in [2.05, 4.69) is 4.99 Å². The molecular formula is C20H16N2O2S. The molecule has 0 unspecified atom stereocenters. The van der Waals surface area contributed by atoms with Gasteiger partial charge >= 0.3 is 4.87 Å². The van der Waals surface area contributed by atoms with E-state index in [9.17, 15) is 9.90 Å². The van der Waals surface area contributed by atoms with Gasteiger partial charge in [-0.15, -0.1) is 0 Å². The minimum Gasteiger partial charge on any atom is -0.493 e. The molecule has 0 radical (unpaired) electrons. The SMILES string of the molecule is Cc1cccc(Cn2c(O)c(/C=C3/C=Nc4ccccc43)sc2=O)c1. The predicted molar refractivity (Wildman–Crippen MR) is 103 cm³/mol. The van der Waals surface area contributed by atoms with Crippen molar-refractivity contribution in [3.05, 3.63) is 79.8 Å². The van der Waals surface area contributed by atoms with E-state index in [0.717, 1.165) is 39.3 Å². The number of allylic oxidation sites excluding steroid dienone is 1. The summed E-state index contributed by atoms with van der Waals surface area (Å²) in [5.74, 6) is 0.00165. The van der Waals surface area contributed by atoms with E-state index >= 15 is 0 Å². The number of para-hydroxylation sites is 1. The number of aromatic nitrogens is 1. The molecule has 0 saturated heterocycles. The smallest absolute Gasteiger partial charge is 0.310 e. The largest absolute Gasteiger partial charge is 0.493 e. The van der Waals surface area contributed by atoms with Crippen molar-refractivity contribution in [2.45, 2.75) is 13.5 Å². The lowest BCUT2D eigenvalue weighted by Crippen LogP contribution is -2.13. The van der Waals surface area contributed by atoms with Crippen molar-refractivity contribution in [2.24, 2.45) is 4.99 Å². The van der Waals surface area contributed by atoms with Crippen LogP contribution in [0.1, 0.15) is 21.6 Å². The zero-order valence-corrected chi connectivity index (χ0v) is 14.5. The molecule has 2 aromatic carbocycles. The highest BCUT2D eigenvalue weighted by Gasteiger charge is 2.16. The fourth-order valence-corrected chi connectivity index (χ4v) is 3.77. The highest BCUT2D eigenvalue weighted by atomic mass is 32.1. The van der Waals surface area contributed by atoms with Gasteiger partial charge in [0, 0.05) is 17.4 Å². The van der Waals surface area contributed by atoms with E-state index in [-0.39, 0.29) is 10.8 Å². The third kappa shape index (κ3) is 2.94. The number of fused-ring (bicyclic) bond motifs is 1. The first kappa shape index (κ1) is 15.6. The minimum atomic E-state index is -0.172. The molecule has 5 heteroatoms. The normalized spacial score (nSPS) is 14.2. The van der Waals surface area contributed by atoms with Gasteiger partial charge in [0.1, 0.15) is 0 Å². The van der Waals surface area contributed by atoms with Gasteiger partial charge in [-0.25, -0.2) is 0 Å². The van der Waals surface area contributed by atoms with E-state index in [1.54, 1.807) is 6.21 Å². The molecule has 0 aliphatic carbocycles. The Labute approximate surface area is 149 Å². The number of benzene rings is 2. The summed E-state index contributed by atoms with van der Waals surface area (Å²) in [4.78, 5) is 17.1. The average molecular weight is 348 g/mol. The number of nitrogens with zero attached hydrogens (tertiary/aromatic N) is 2. The van der Waals surface area contributed by atoms with Crippen LogP contribution in [0.2, 0.25) is 0 Å². The minimum absolute atomic E-state index is 0.00165. The maximum Gasteiger partial charge on any atom is 0.310 e. The summed E-state index contributed by atoms with van der Waals surface area (Å²) in [7, 11) is 0. The standard InChI is InChI=1S/C20H16N2O2S/c1-13-5-4-6-14(9-13)12-22-19(23)18(25-20(22)24)10-15-11-21-17-8-3-2-7-16(15)17/h2-11,23H,12H2,1H3/b15-10-. The van der Waals surface area contributed by atoms with Crippen molar-refractivity contribution in [3.63, 3.8) is 0 Å². The Morgan fingerprint density at radius 1 is 1.20 bits per heavy atom. The van der Waals surface area contributed by atoms with Crippen molar-refractivity contribution in [1.29, 1.82) is 0 Å². The molecule has 2 heterocycles. The molecule has 1 aliphatic heterocycles. The van der Waals surface area contributed by atoms with Gasteiger partial charge in [0.25, 0.3) is 0 Å². The molecule has 1 N–H and O–H groups in total. The molecule has 0 atom stereocenters. The summed E-state index contributed by atoms with van der Waals surface area (Å²) in [5.41, 5.74) is 4.92. The Morgan fingerprint density at radius 2 is 2.04 bits per heavy atom. The lowest BCUT2D eigenvalue weighted by molar-refractivity contribution is 0.420. The number of thiazole rings is 1. The van der Waals surface area contributed by atoms with E-state index in [1.807, 2.05) is 61.5 Å². The van der Waals surface area contributed by atoms with Crippen molar-refractivity contribution in [3.8, 4) is 5.88 Å². The zero-order valence-electron chi connectivity index (χ0n) is 13.6. The van der Waals surface area contributed by atoms with Gasteiger partial charge in [-0.05, 0) is 24.6 Å². The summed E-state index contributed by atoms with van der Waals surface area (Å²) in [6.45, 7) is 2.36. The monoisotopic (exact) mass is 348 g/mol. The molecule has 0 fully saturated rings. The molecule has 3 aromatic rings. The molecule has 4 rings (SSSR count). The topological polar surface area (TPSA) is 54.6 Å². The van der Waals surface area contributed by atoms with Gasteiger partial charge in [0.05, 0.1) is 17.1 Å². The second-order valence-corrected chi connectivity index (χ2v) is 7.00. The van der Waals surface area contributed by atoms with Crippen molar-refractivity contribution in [1.82, 2.24) is 4.57 Å². The van der Waals surface area contributed by atoms with Crippen LogP contribution < -0.4 is 4.87 Å². The predicted octanol–water partition coefficient (Wildman–Crippen LogP) is 4.23. The number of hydrogen-bond donors (Lipinski definition) is 1. The molecule has 0 amide bonds. The molecule has 25 heavy (non-hydrogen) atoms. The van der Waals surface area contributed by atoms with Crippen molar-refractivity contribution in [2.75, 3.05) is 0 Å². The van der Waals surface area contributed by atoms with Crippen LogP contribution in [0.3, 0.4) is 0 Å². The Bertz CT molecular complexity index is 1070. The van der Waals surface area contributed by atoms with Gasteiger partial charge in [-0.1, -0.05) is 59.4 Å². The van der Waals surface area contributed by atoms with Crippen LogP contribution in [-0.4, -0.2) is 15.9 Å². The van der Waals surface area contributed by atoms with E-state index in [0.29, 0.717) is 11.4 Å². The second-order valence-electron chi connectivity index (χ2n) is 6.01. The summed E-state index contributed by atoms with van der Waals surface area (Å²) < 4.78 is 1.41. The maximum atomic E-state index is 12.3. The Kier molecular flexibility index (Phi) is 3.86.